The summed E-state index contributed by atoms with van der Waals surface area (Å²) < 4.78 is 7.50. The summed E-state index contributed by atoms with van der Waals surface area (Å²) in [6.07, 6.45) is 4.10. The Bertz CT molecular complexity index is 589. The monoisotopic (exact) mass is 289 g/mol. The minimum atomic E-state index is 0.125. The lowest BCUT2D eigenvalue weighted by Crippen LogP contribution is -2.23. The molecule has 0 radical (unpaired) electrons. The number of aliphatic hydroxyl groups excluding tert-OH is 1. The molecule has 0 amide bonds. The molecule has 0 spiro atoms. The lowest BCUT2D eigenvalue weighted by molar-refractivity contribution is 0.219. The first-order valence-electron chi connectivity index (χ1n) is 7.62. The first kappa shape index (κ1) is 14.4. The molecule has 114 valence electrons. The Hall–Kier alpha value is -1.59. The Morgan fingerprint density at radius 2 is 2.29 bits per heavy atom. The highest BCUT2D eigenvalue weighted by Gasteiger charge is 2.29. The Labute approximate surface area is 125 Å². The van der Waals surface area contributed by atoms with Gasteiger partial charge < -0.3 is 9.52 Å². The minimum Gasteiger partial charge on any atom is -0.468 e. The van der Waals surface area contributed by atoms with Crippen molar-refractivity contribution in [2.45, 2.75) is 45.8 Å². The van der Waals surface area contributed by atoms with Gasteiger partial charge in [-0.1, -0.05) is 0 Å². The molecule has 0 aromatic carbocycles. The van der Waals surface area contributed by atoms with Crippen molar-refractivity contribution in [3.8, 4) is 0 Å². The van der Waals surface area contributed by atoms with E-state index in [2.05, 4.69) is 23.0 Å². The number of furan rings is 1. The molecule has 5 nitrogen and oxygen atoms in total. The molecule has 1 atom stereocenters. The highest BCUT2D eigenvalue weighted by molar-refractivity contribution is 5.25. The van der Waals surface area contributed by atoms with Gasteiger partial charge in [-0.3, -0.25) is 9.58 Å². The summed E-state index contributed by atoms with van der Waals surface area (Å²) in [6, 6.07) is 4.40. The summed E-state index contributed by atoms with van der Waals surface area (Å²) in [4.78, 5) is 2.47. The maximum Gasteiger partial charge on any atom is 0.120 e. The zero-order chi connectivity index (χ0) is 14.8. The molecule has 0 bridgehead atoms. The van der Waals surface area contributed by atoms with Crippen molar-refractivity contribution in [1.29, 1.82) is 0 Å². The Balaban J connectivity index is 1.80. The van der Waals surface area contributed by atoms with Crippen LogP contribution in [-0.4, -0.2) is 32.9 Å². The molecule has 1 aliphatic rings. The van der Waals surface area contributed by atoms with Crippen LogP contribution < -0.4 is 0 Å². The van der Waals surface area contributed by atoms with Crippen molar-refractivity contribution in [1.82, 2.24) is 14.7 Å². The van der Waals surface area contributed by atoms with Gasteiger partial charge >= 0.3 is 0 Å². The van der Waals surface area contributed by atoms with Gasteiger partial charge in [0.05, 0.1) is 31.2 Å². The predicted molar refractivity (Wildman–Crippen MR) is 79.9 cm³/mol. The van der Waals surface area contributed by atoms with E-state index in [-0.39, 0.29) is 6.61 Å². The van der Waals surface area contributed by atoms with Gasteiger partial charge in [0, 0.05) is 17.8 Å². The number of aliphatic hydroxyl groups is 1. The van der Waals surface area contributed by atoms with Gasteiger partial charge in [0.2, 0.25) is 0 Å². The zero-order valence-electron chi connectivity index (χ0n) is 12.7. The number of aromatic nitrogens is 2. The standard InChI is InChI=1S/C16H23N3O2/c1-12-14(13(2)19(17-12)8-9-20)11-18-7-3-5-15(18)16-6-4-10-21-16/h4,6,10,15,20H,3,5,7-9,11H2,1-2H3. The van der Waals surface area contributed by atoms with Crippen LogP contribution in [0.1, 0.15) is 41.6 Å². The van der Waals surface area contributed by atoms with E-state index in [1.807, 2.05) is 17.7 Å². The molecule has 2 aromatic rings. The second-order valence-corrected chi connectivity index (χ2v) is 5.74. The molecule has 2 aromatic heterocycles. The highest BCUT2D eigenvalue weighted by Crippen LogP contribution is 2.34. The second-order valence-electron chi connectivity index (χ2n) is 5.74. The molecule has 3 rings (SSSR count). The van der Waals surface area contributed by atoms with Crippen LogP contribution in [0, 0.1) is 13.8 Å². The lowest BCUT2D eigenvalue weighted by Gasteiger charge is -2.23. The van der Waals surface area contributed by atoms with Crippen LogP contribution in [0.2, 0.25) is 0 Å². The summed E-state index contributed by atoms with van der Waals surface area (Å²) in [7, 11) is 0. The van der Waals surface area contributed by atoms with E-state index in [1.165, 1.54) is 12.0 Å². The van der Waals surface area contributed by atoms with Crippen LogP contribution in [0.5, 0.6) is 0 Å². The van der Waals surface area contributed by atoms with E-state index >= 15 is 0 Å². The quantitative estimate of drug-likeness (QED) is 0.918. The van der Waals surface area contributed by atoms with Crippen molar-refractivity contribution in [3.63, 3.8) is 0 Å². The number of rotatable bonds is 5. The maximum absolute atomic E-state index is 9.11. The summed E-state index contributed by atoms with van der Waals surface area (Å²) in [5.41, 5.74) is 3.50. The van der Waals surface area contributed by atoms with Crippen molar-refractivity contribution in [2.75, 3.05) is 13.2 Å². The van der Waals surface area contributed by atoms with E-state index in [9.17, 15) is 0 Å². The fourth-order valence-electron chi connectivity index (χ4n) is 3.30. The van der Waals surface area contributed by atoms with Gasteiger partial charge in [0.1, 0.15) is 5.76 Å². The molecule has 1 fully saturated rings. The van der Waals surface area contributed by atoms with Gasteiger partial charge in [0.15, 0.2) is 0 Å². The largest absolute Gasteiger partial charge is 0.468 e. The fourth-order valence-corrected chi connectivity index (χ4v) is 3.30. The molecule has 1 aliphatic heterocycles. The molecule has 0 aliphatic carbocycles. The Morgan fingerprint density at radius 3 is 3.00 bits per heavy atom. The van der Waals surface area contributed by atoms with Crippen molar-refractivity contribution in [3.05, 3.63) is 41.1 Å². The van der Waals surface area contributed by atoms with E-state index in [1.54, 1.807) is 6.26 Å². The Kier molecular flexibility index (Phi) is 4.12. The normalized spacial score (nSPS) is 19.5. The van der Waals surface area contributed by atoms with Gasteiger partial charge in [-0.2, -0.15) is 5.10 Å². The predicted octanol–water partition coefficient (Wildman–Crippen LogP) is 2.42. The number of hydrogen-bond acceptors (Lipinski definition) is 4. The lowest BCUT2D eigenvalue weighted by atomic mass is 10.1. The third-order valence-electron chi connectivity index (χ3n) is 4.44. The third-order valence-corrected chi connectivity index (χ3v) is 4.44. The second kappa shape index (κ2) is 6.03. The summed E-state index contributed by atoms with van der Waals surface area (Å²) in [5.74, 6) is 1.06. The SMILES string of the molecule is Cc1nn(CCO)c(C)c1CN1CCCC1c1ccco1. The summed E-state index contributed by atoms with van der Waals surface area (Å²) >= 11 is 0. The average molecular weight is 289 g/mol. The molecule has 3 heterocycles. The molecule has 1 saturated heterocycles. The van der Waals surface area contributed by atoms with Crippen molar-refractivity contribution >= 4 is 0 Å². The van der Waals surface area contributed by atoms with E-state index in [4.69, 9.17) is 9.52 Å². The molecular weight excluding hydrogens is 266 g/mol. The van der Waals surface area contributed by atoms with Gasteiger partial charge in [0.25, 0.3) is 0 Å². The van der Waals surface area contributed by atoms with Crippen LogP contribution in [0.3, 0.4) is 0 Å². The smallest absolute Gasteiger partial charge is 0.120 e. The van der Waals surface area contributed by atoms with Crippen LogP contribution in [0.15, 0.2) is 22.8 Å². The zero-order valence-corrected chi connectivity index (χ0v) is 12.7. The molecular formula is C16H23N3O2. The molecule has 21 heavy (non-hydrogen) atoms. The number of nitrogens with zero attached hydrogens (tertiary/aromatic N) is 3. The van der Waals surface area contributed by atoms with Gasteiger partial charge in [-0.05, 0) is 45.4 Å². The Morgan fingerprint density at radius 1 is 1.43 bits per heavy atom. The topological polar surface area (TPSA) is 54.4 Å². The third kappa shape index (κ3) is 2.76. The van der Waals surface area contributed by atoms with E-state index < -0.39 is 0 Å². The summed E-state index contributed by atoms with van der Waals surface area (Å²) in [5, 5.41) is 13.6. The average Bonchev–Trinajstić information content (AvgIpc) is 3.17. The van der Waals surface area contributed by atoms with Gasteiger partial charge in [-0.25, -0.2) is 0 Å². The highest BCUT2D eigenvalue weighted by atomic mass is 16.3. The first-order chi connectivity index (χ1) is 10.2. The number of aryl methyl sites for hydroxylation is 1. The van der Waals surface area contributed by atoms with Crippen molar-refractivity contribution in [2.24, 2.45) is 0 Å². The van der Waals surface area contributed by atoms with Crippen LogP contribution in [0.25, 0.3) is 0 Å². The van der Waals surface area contributed by atoms with E-state index in [0.29, 0.717) is 12.6 Å². The van der Waals surface area contributed by atoms with Crippen LogP contribution in [0.4, 0.5) is 0 Å². The van der Waals surface area contributed by atoms with Crippen LogP contribution >= 0.6 is 0 Å². The molecule has 1 N–H and O–H groups in total. The summed E-state index contributed by atoms with van der Waals surface area (Å²) in [6.45, 7) is 6.81. The number of likely N-dealkylation sites (tertiary alicyclic amines) is 1. The molecule has 5 heteroatoms. The molecule has 1 unspecified atom stereocenters. The van der Waals surface area contributed by atoms with Gasteiger partial charge in [-0.15, -0.1) is 0 Å². The minimum absolute atomic E-state index is 0.125. The fraction of sp³-hybridized carbons (Fsp3) is 0.562. The number of hydrogen-bond donors (Lipinski definition) is 1. The van der Waals surface area contributed by atoms with E-state index in [0.717, 1.165) is 36.7 Å². The van der Waals surface area contributed by atoms with Crippen LogP contribution in [-0.2, 0) is 13.1 Å². The molecule has 0 saturated carbocycles. The maximum atomic E-state index is 9.11. The first-order valence-corrected chi connectivity index (χ1v) is 7.62. The van der Waals surface area contributed by atoms with Crippen molar-refractivity contribution < 1.29 is 9.52 Å².